The third-order valence-electron chi connectivity index (χ3n) is 8.20. The summed E-state index contributed by atoms with van der Waals surface area (Å²) in [4.78, 5) is 28.6. The highest BCUT2D eigenvalue weighted by molar-refractivity contribution is 6.26. The van der Waals surface area contributed by atoms with Crippen molar-refractivity contribution in [2.75, 3.05) is 0 Å². The van der Waals surface area contributed by atoms with E-state index in [1.807, 2.05) is 46.8 Å². The van der Waals surface area contributed by atoms with Crippen LogP contribution in [0.4, 0.5) is 0 Å². The van der Waals surface area contributed by atoms with Crippen LogP contribution in [0.5, 0.6) is 0 Å². The maximum absolute atomic E-state index is 14.4. The fraction of sp³-hybridized carbons (Fsp3) is 0.455. The minimum atomic E-state index is -1.52. The molecule has 0 saturated heterocycles. The first-order valence-corrected chi connectivity index (χ1v) is 13.4. The maximum Gasteiger partial charge on any atom is 0.184 e. The van der Waals surface area contributed by atoms with Gasteiger partial charge in [-0.3, -0.25) is 9.59 Å². The highest BCUT2D eigenvalue weighted by Crippen LogP contribution is 2.51. The molecule has 2 aliphatic carbocycles. The normalized spacial score (nSPS) is 26.3. The van der Waals surface area contributed by atoms with Gasteiger partial charge in [-0.25, -0.2) is 0 Å². The van der Waals surface area contributed by atoms with E-state index in [2.05, 4.69) is 6.58 Å². The number of benzene rings is 1. The lowest BCUT2D eigenvalue weighted by Crippen LogP contribution is -2.46. The van der Waals surface area contributed by atoms with Gasteiger partial charge in [0.05, 0.1) is 5.60 Å². The third-order valence-corrected chi connectivity index (χ3v) is 8.20. The summed E-state index contributed by atoms with van der Waals surface area (Å²) in [6.07, 6.45) is 5.39. The molecule has 0 spiro atoms. The zero-order chi connectivity index (χ0) is 28.4. The van der Waals surface area contributed by atoms with Gasteiger partial charge in [-0.2, -0.15) is 0 Å². The molecule has 3 atom stereocenters. The monoisotopic (exact) mass is 518 g/mol. The van der Waals surface area contributed by atoms with Crippen molar-refractivity contribution in [2.45, 2.75) is 79.2 Å². The van der Waals surface area contributed by atoms with Crippen LogP contribution >= 0.6 is 0 Å². The molecule has 2 aliphatic rings. The Labute approximate surface area is 227 Å². The number of aliphatic hydroxyl groups is 3. The van der Waals surface area contributed by atoms with Crippen molar-refractivity contribution in [1.29, 1.82) is 0 Å². The van der Waals surface area contributed by atoms with Crippen molar-refractivity contribution in [1.82, 2.24) is 0 Å². The van der Waals surface area contributed by atoms with Crippen molar-refractivity contribution < 1.29 is 24.9 Å². The van der Waals surface area contributed by atoms with Crippen LogP contribution in [0.25, 0.3) is 5.76 Å². The van der Waals surface area contributed by atoms with Crippen LogP contribution in [-0.2, 0) is 9.59 Å². The lowest BCUT2D eigenvalue weighted by atomic mass is 9.63. The number of aliphatic hydroxyl groups excluding tert-OH is 2. The Hall–Kier alpha value is -3.18. The van der Waals surface area contributed by atoms with E-state index in [0.29, 0.717) is 12.0 Å². The molecule has 0 unspecified atom stereocenters. The van der Waals surface area contributed by atoms with Crippen LogP contribution in [0.1, 0.15) is 79.2 Å². The summed E-state index contributed by atoms with van der Waals surface area (Å²) >= 11 is 0. The first kappa shape index (κ1) is 29.4. The van der Waals surface area contributed by atoms with Crippen molar-refractivity contribution >= 4 is 17.3 Å². The molecule has 38 heavy (non-hydrogen) atoms. The van der Waals surface area contributed by atoms with E-state index in [1.54, 1.807) is 37.3 Å². The molecule has 0 heterocycles. The average Bonchev–Trinajstić information content (AvgIpc) is 3.15. The maximum atomic E-state index is 14.4. The molecule has 5 heteroatoms. The fourth-order valence-electron chi connectivity index (χ4n) is 5.80. The molecule has 0 aliphatic heterocycles. The van der Waals surface area contributed by atoms with Crippen molar-refractivity contribution in [3.8, 4) is 0 Å². The summed E-state index contributed by atoms with van der Waals surface area (Å²) < 4.78 is 0. The van der Waals surface area contributed by atoms with Crippen molar-refractivity contribution in [3.63, 3.8) is 0 Å². The molecule has 0 aromatic heterocycles. The molecule has 0 bridgehead atoms. The number of carbonyl (C=O) groups is 2. The second-order valence-electron chi connectivity index (χ2n) is 11.8. The lowest BCUT2D eigenvalue weighted by molar-refractivity contribution is -0.137. The van der Waals surface area contributed by atoms with Gasteiger partial charge in [0.2, 0.25) is 0 Å². The van der Waals surface area contributed by atoms with E-state index in [-0.39, 0.29) is 48.0 Å². The Morgan fingerprint density at radius 2 is 1.55 bits per heavy atom. The molecule has 1 aromatic rings. The summed E-state index contributed by atoms with van der Waals surface area (Å²) in [5, 5.41) is 34.1. The van der Waals surface area contributed by atoms with Gasteiger partial charge in [-0.1, -0.05) is 65.8 Å². The number of allylic oxidation sites excluding steroid dienone is 7. The van der Waals surface area contributed by atoms with E-state index in [1.165, 1.54) is 0 Å². The van der Waals surface area contributed by atoms with E-state index >= 15 is 0 Å². The van der Waals surface area contributed by atoms with Gasteiger partial charge in [0.1, 0.15) is 22.5 Å². The average molecular weight is 519 g/mol. The first-order chi connectivity index (χ1) is 17.7. The summed E-state index contributed by atoms with van der Waals surface area (Å²) in [6.45, 7) is 15.4. The molecule has 204 valence electrons. The smallest absolute Gasteiger partial charge is 0.184 e. The summed E-state index contributed by atoms with van der Waals surface area (Å²) in [5.74, 6) is -2.27. The van der Waals surface area contributed by atoms with Crippen molar-refractivity contribution in [2.24, 2.45) is 17.3 Å². The molecule has 0 radical (unpaired) electrons. The standard InChI is InChI=1S/C33H42O5/c1-20(2)13-17-33(18-14-21(3)4)30(36)25(19-26-24(22(5)6)15-16-32(26,7)38)29(35)27(31(33)37)28(34)23-11-9-8-10-12-23/h8-14,24,26,34-35,38H,5,15-19H2,1-4,6-7H3/t24-,26-,32+/m1/s1. The van der Waals surface area contributed by atoms with Gasteiger partial charge in [-0.15, -0.1) is 0 Å². The van der Waals surface area contributed by atoms with E-state index < -0.39 is 28.3 Å². The van der Waals surface area contributed by atoms with Crippen molar-refractivity contribution in [3.05, 3.63) is 88.3 Å². The van der Waals surface area contributed by atoms with E-state index in [0.717, 1.165) is 23.1 Å². The number of ketones is 2. The van der Waals surface area contributed by atoms with Crippen LogP contribution in [0.15, 0.2) is 82.7 Å². The number of hydrogen-bond acceptors (Lipinski definition) is 5. The summed E-state index contributed by atoms with van der Waals surface area (Å²) in [6, 6.07) is 8.58. The molecular weight excluding hydrogens is 476 g/mol. The number of hydrogen-bond donors (Lipinski definition) is 3. The topological polar surface area (TPSA) is 94.8 Å². The summed E-state index contributed by atoms with van der Waals surface area (Å²) in [7, 11) is 0. The van der Waals surface area contributed by atoms with Gasteiger partial charge in [0.15, 0.2) is 11.6 Å². The Kier molecular flexibility index (Phi) is 8.72. The fourth-order valence-corrected chi connectivity index (χ4v) is 5.80. The van der Waals surface area contributed by atoms with Crippen LogP contribution < -0.4 is 0 Å². The first-order valence-electron chi connectivity index (χ1n) is 13.4. The van der Waals surface area contributed by atoms with Crippen LogP contribution in [0, 0.1) is 17.3 Å². The Morgan fingerprint density at radius 1 is 1.00 bits per heavy atom. The van der Waals surface area contributed by atoms with Gasteiger partial charge >= 0.3 is 0 Å². The third kappa shape index (κ3) is 5.63. The largest absolute Gasteiger partial charge is 0.507 e. The van der Waals surface area contributed by atoms with Gasteiger partial charge in [0, 0.05) is 11.1 Å². The Morgan fingerprint density at radius 3 is 2.05 bits per heavy atom. The predicted octanol–water partition coefficient (Wildman–Crippen LogP) is 7.36. The van der Waals surface area contributed by atoms with E-state index in [9.17, 15) is 24.9 Å². The molecule has 0 amide bonds. The van der Waals surface area contributed by atoms with Gasteiger partial charge in [-0.05, 0) is 85.5 Å². The SMILES string of the molecule is C=C(C)[C@H]1CC[C@](C)(O)[C@@H]1CC1=C(O)C(=C(O)c2ccccc2)C(=O)C(CC=C(C)C)(CC=C(C)C)C1=O. The molecule has 1 fully saturated rings. The van der Waals surface area contributed by atoms with Gasteiger partial charge in [0.25, 0.3) is 0 Å². The molecule has 1 saturated carbocycles. The lowest BCUT2D eigenvalue weighted by Gasteiger charge is -2.38. The van der Waals surface area contributed by atoms with Crippen LogP contribution in [0.2, 0.25) is 0 Å². The number of rotatable bonds is 8. The zero-order valence-corrected chi connectivity index (χ0v) is 23.6. The second kappa shape index (κ2) is 11.3. The molecule has 5 nitrogen and oxygen atoms in total. The highest BCUT2D eigenvalue weighted by Gasteiger charge is 2.54. The Bertz CT molecular complexity index is 1210. The minimum Gasteiger partial charge on any atom is -0.507 e. The molecular formula is C33H42O5. The molecule has 3 N–H and O–H groups in total. The molecule has 1 aromatic carbocycles. The van der Waals surface area contributed by atoms with Crippen LogP contribution in [0.3, 0.4) is 0 Å². The second-order valence-corrected chi connectivity index (χ2v) is 11.8. The van der Waals surface area contributed by atoms with E-state index in [4.69, 9.17) is 0 Å². The molecule has 3 rings (SSSR count). The zero-order valence-electron chi connectivity index (χ0n) is 23.6. The highest BCUT2D eigenvalue weighted by atomic mass is 16.3. The number of Topliss-reactive ketones (excluding diaryl/α,β-unsaturated/α-hetero) is 2. The quantitative estimate of drug-likeness (QED) is 0.145. The summed E-state index contributed by atoms with van der Waals surface area (Å²) in [5.41, 5.74) is 0.480. The van der Waals surface area contributed by atoms with Gasteiger partial charge < -0.3 is 15.3 Å². The predicted molar refractivity (Wildman–Crippen MR) is 152 cm³/mol. The van der Waals surface area contributed by atoms with Crippen LogP contribution in [-0.4, -0.2) is 32.5 Å². The Balaban J connectivity index is 2.32. The number of carbonyl (C=O) groups excluding carboxylic acids is 2. The minimum absolute atomic E-state index is 0.0316.